The summed E-state index contributed by atoms with van der Waals surface area (Å²) in [5, 5.41) is 13.3. The lowest BCUT2D eigenvalue weighted by Crippen LogP contribution is -2.21. The number of carbonyl (C=O) groups excluding carboxylic acids is 2. The van der Waals surface area contributed by atoms with Crippen LogP contribution in [0.1, 0.15) is 10.6 Å². The van der Waals surface area contributed by atoms with Gasteiger partial charge in [-0.05, 0) is 18.2 Å². The van der Waals surface area contributed by atoms with Crippen LogP contribution in [0.3, 0.4) is 0 Å². The van der Waals surface area contributed by atoms with Gasteiger partial charge >= 0.3 is 11.9 Å². The quantitative estimate of drug-likeness (QED) is 0.498. The number of hydrogen-bond donors (Lipinski definition) is 1. The SMILES string of the molecule is O=C(COC(=O)c1ccc([N+](=O)[O-])o1)Nc1c(Cl)cccc1Cl. The van der Waals surface area contributed by atoms with E-state index in [4.69, 9.17) is 23.2 Å². The monoisotopic (exact) mass is 358 g/mol. The van der Waals surface area contributed by atoms with E-state index in [0.29, 0.717) is 0 Å². The van der Waals surface area contributed by atoms with Gasteiger partial charge in [0.15, 0.2) is 6.61 Å². The van der Waals surface area contributed by atoms with E-state index < -0.39 is 29.3 Å². The molecule has 10 heteroatoms. The Hall–Kier alpha value is -2.58. The van der Waals surface area contributed by atoms with E-state index in [1.807, 2.05) is 0 Å². The number of anilines is 1. The van der Waals surface area contributed by atoms with E-state index in [1.165, 1.54) is 12.1 Å². The zero-order valence-corrected chi connectivity index (χ0v) is 12.8. The first kappa shape index (κ1) is 16.8. The second-order valence-electron chi connectivity index (χ2n) is 4.12. The Morgan fingerprint density at radius 2 is 1.87 bits per heavy atom. The molecule has 2 aromatic rings. The molecule has 8 nitrogen and oxygen atoms in total. The van der Waals surface area contributed by atoms with Crippen LogP contribution in [0.25, 0.3) is 0 Å². The fourth-order valence-electron chi connectivity index (χ4n) is 1.53. The summed E-state index contributed by atoms with van der Waals surface area (Å²) in [6.45, 7) is -0.644. The summed E-state index contributed by atoms with van der Waals surface area (Å²) >= 11 is 11.8. The van der Waals surface area contributed by atoms with Gasteiger partial charge in [0.25, 0.3) is 5.91 Å². The van der Waals surface area contributed by atoms with Gasteiger partial charge in [-0.3, -0.25) is 14.9 Å². The molecule has 2 rings (SSSR count). The van der Waals surface area contributed by atoms with Gasteiger partial charge in [0.1, 0.15) is 4.92 Å². The molecule has 0 atom stereocenters. The molecule has 0 saturated carbocycles. The third-order valence-electron chi connectivity index (χ3n) is 2.53. The van der Waals surface area contributed by atoms with Crippen molar-refractivity contribution >= 4 is 46.6 Å². The summed E-state index contributed by atoms with van der Waals surface area (Å²) < 4.78 is 9.33. The first-order chi connectivity index (χ1) is 10.9. The number of esters is 1. The largest absolute Gasteiger partial charge is 0.450 e. The van der Waals surface area contributed by atoms with Gasteiger partial charge in [-0.25, -0.2) is 4.79 Å². The molecule has 1 aromatic carbocycles. The van der Waals surface area contributed by atoms with Gasteiger partial charge in [0, 0.05) is 0 Å². The number of amides is 1. The minimum absolute atomic E-state index is 0.186. The molecular weight excluding hydrogens is 351 g/mol. The van der Waals surface area contributed by atoms with E-state index in [1.54, 1.807) is 6.07 Å². The summed E-state index contributed by atoms with van der Waals surface area (Å²) in [5.41, 5.74) is 0.186. The highest BCUT2D eigenvalue weighted by Gasteiger charge is 2.19. The zero-order chi connectivity index (χ0) is 17.0. The Labute approximate surface area is 139 Å². The van der Waals surface area contributed by atoms with Crippen molar-refractivity contribution in [2.75, 3.05) is 11.9 Å². The molecule has 0 spiro atoms. The lowest BCUT2D eigenvalue weighted by atomic mass is 10.3. The number of hydrogen-bond acceptors (Lipinski definition) is 6. The summed E-state index contributed by atoms with van der Waals surface area (Å²) in [6.07, 6.45) is 0. The standard InChI is InChI=1S/C13H8Cl2N2O6/c14-7-2-1-3-8(15)12(7)16-10(18)6-22-13(19)9-4-5-11(23-9)17(20)21/h1-5H,6H2,(H,16,18). The number of furan rings is 1. The lowest BCUT2D eigenvalue weighted by Gasteiger charge is -2.09. The second kappa shape index (κ2) is 7.12. The number of para-hydroxylation sites is 1. The molecule has 0 radical (unpaired) electrons. The molecule has 0 bridgehead atoms. The number of benzene rings is 1. The maximum absolute atomic E-state index is 11.7. The van der Waals surface area contributed by atoms with Crippen LogP contribution in [0.4, 0.5) is 11.6 Å². The fraction of sp³-hybridized carbons (Fsp3) is 0.0769. The van der Waals surface area contributed by atoms with Gasteiger partial charge in [-0.1, -0.05) is 29.3 Å². The topological polar surface area (TPSA) is 112 Å². The molecule has 0 aliphatic rings. The number of halogens is 2. The van der Waals surface area contributed by atoms with E-state index in [9.17, 15) is 19.7 Å². The molecule has 0 saturated heterocycles. The molecule has 0 unspecified atom stereocenters. The molecule has 120 valence electrons. The number of nitrogens with zero attached hydrogens (tertiary/aromatic N) is 1. The van der Waals surface area contributed by atoms with Crippen molar-refractivity contribution in [3.05, 3.63) is 56.3 Å². The minimum Gasteiger partial charge on any atom is -0.450 e. The van der Waals surface area contributed by atoms with Crippen LogP contribution in [0.5, 0.6) is 0 Å². The number of carbonyl (C=O) groups is 2. The number of rotatable bonds is 5. The minimum atomic E-state index is -1.02. The van der Waals surface area contributed by atoms with Gasteiger partial charge in [0.2, 0.25) is 5.76 Å². The summed E-state index contributed by atoms with van der Waals surface area (Å²) in [4.78, 5) is 33.0. The van der Waals surface area contributed by atoms with Crippen molar-refractivity contribution in [1.82, 2.24) is 0 Å². The van der Waals surface area contributed by atoms with Crippen LogP contribution in [-0.4, -0.2) is 23.4 Å². The molecular formula is C13H8Cl2N2O6. The van der Waals surface area contributed by atoms with Gasteiger partial charge < -0.3 is 14.5 Å². The van der Waals surface area contributed by atoms with Crippen molar-refractivity contribution in [2.45, 2.75) is 0 Å². The molecule has 1 N–H and O–H groups in total. The Morgan fingerprint density at radius 3 is 2.43 bits per heavy atom. The van der Waals surface area contributed by atoms with E-state index in [-0.39, 0.29) is 21.5 Å². The van der Waals surface area contributed by atoms with Crippen molar-refractivity contribution in [3.63, 3.8) is 0 Å². The van der Waals surface area contributed by atoms with Crippen LogP contribution in [0.15, 0.2) is 34.7 Å². The van der Waals surface area contributed by atoms with Crippen molar-refractivity contribution in [1.29, 1.82) is 0 Å². The van der Waals surface area contributed by atoms with Gasteiger partial charge in [-0.2, -0.15) is 0 Å². The average molecular weight is 359 g/mol. The van der Waals surface area contributed by atoms with Crippen LogP contribution in [-0.2, 0) is 9.53 Å². The number of nitrogens with one attached hydrogen (secondary N) is 1. The molecule has 0 fully saturated rings. The Balaban J connectivity index is 1.93. The molecule has 0 aliphatic carbocycles. The number of nitro groups is 1. The maximum atomic E-state index is 11.7. The lowest BCUT2D eigenvalue weighted by molar-refractivity contribution is -0.402. The molecule has 23 heavy (non-hydrogen) atoms. The normalized spacial score (nSPS) is 10.2. The number of ether oxygens (including phenoxy) is 1. The van der Waals surface area contributed by atoms with Crippen LogP contribution in [0, 0.1) is 10.1 Å². The molecule has 1 amide bonds. The first-order valence-electron chi connectivity index (χ1n) is 6.03. The van der Waals surface area contributed by atoms with Crippen LogP contribution in [0.2, 0.25) is 10.0 Å². The predicted octanol–water partition coefficient (Wildman–Crippen LogP) is 3.29. The van der Waals surface area contributed by atoms with Crippen LogP contribution < -0.4 is 5.32 Å². The van der Waals surface area contributed by atoms with Gasteiger partial charge in [0.05, 0.1) is 21.8 Å². The van der Waals surface area contributed by atoms with E-state index >= 15 is 0 Å². The summed E-state index contributed by atoms with van der Waals surface area (Å²) in [6, 6.07) is 6.72. The first-order valence-corrected chi connectivity index (χ1v) is 6.79. The third kappa shape index (κ3) is 4.21. The molecule has 1 aromatic heterocycles. The van der Waals surface area contributed by atoms with Crippen molar-refractivity contribution in [2.24, 2.45) is 0 Å². The molecule has 1 heterocycles. The predicted molar refractivity (Wildman–Crippen MR) is 80.7 cm³/mol. The second-order valence-corrected chi connectivity index (χ2v) is 4.93. The van der Waals surface area contributed by atoms with Gasteiger partial charge in [-0.15, -0.1) is 0 Å². The average Bonchev–Trinajstić information content (AvgIpc) is 2.99. The Morgan fingerprint density at radius 1 is 1.22 bits per heavy atom. The van der Waals surface area contributed by atoms with Crippen molar-refractivity contribution < 1.29 is 23.7 Å². The van der Waals surface area contributed by atoms with E-state index in [2.05, 4.69) is 14.5 Å². The fourth-order valence-corrected chi connectivity index (χ4v) is 2.02. The highest BCUT2D eigenvalue weighted by Crippen LogP contribution is 2.29. The smallest absolute Gasteiger partial charge is 0.433 e. The highest BCUT2D eigenvalue weighted by molar-refractivity contribution is 6.39. The van der Waals surface area contributed by atoms with E-state index in [0.717, 1.165) is 12.1 Å². The maximum Gasteiger partial charge on any atom is 0.433 e. The Kier molecular flexibility index (Phi) is 5.20. The van der Waals surface area contributed by atoms with Crippen molar-refractivity contribution in [3.8, 4) is 0 Å². The third-order valence-corrected chi connectivity index (χ3v) is 3.16. The Bertz CT molecular complexity index is 753. The highest BCUT2D eigenvalue weighted by atomic mass is 35.5. The summed E-state index contributed by atoms with van der Waals surface area (Å²) in [5.74, 6) is -2.70. The van der Waals surface area contributed by atoms with Crippen LogP contribution >= 0.6 is 23.2 Å². The zero-order valence-electron chi connectivity index (χ0n) is 11.2. The summed E-state index contributed by atoms with van der Waals surface area (Å²) in [7, 11) is 0. The molecule has 0 aliphatic heterocycles.